The van der Waals surface area contributed by atoms with Crippen molar-refractivity contribution in [2.75, 3.05) is 10.6 Å². The monoisotopic (exact) mass is 319 g/mol. The molecule has 0 saturated carbocycles. The number of carbonyl (C=O) groups excluding carboxylic acids is 1. The van der Waals surface area contributed by atoms with Crippen LogP contribution in [-0.4, -0.2) is 20.7 Å². The normalized spacial score (nSPS) is 10.2. The summed E-state index contributed by atoms with van der Waals surface area (Å²) < 4.78 is 0. The minimum absolute atomic E-state index is 0.0418. The molecule has 0 bridgehead atoms. The molecular weight excluding hydrogens is 302 g/mol. The van der Waals surface area contributed by atoms with Gasteiger partial charge in [0.15, 0.2) is 5.78 Å². The fourth-order valence-electron chi connectivity index (χ4n) is 2.13. The molecule has 6 nitrogen and oxygen atoms in total. The predicted octanol–water partition coefficient (Wildman–Crippen LogP) is 3.43. The number of ketones is 1. The number of hydrogen-bond acceptors (Lipinski definition) is 6. The van der Waals surface area contributed by atoms with Crippen molar-refractivity contribution >= 4 is 23.2 Å². The van der Waals surface area contributed by atoms with Crippen LogP contribution in [0.4, 0.5) is 17.5 Å². The molecule has 2 heterocycles. The van der Waals surface area contributed by atoms with Crippen LogP contribution in [0.25, 0.3) is 0 Å². The van der Waals surface area contributed by atoms with Gasteiger partial charge < -0.3 is 10.6 Å². The van der Waals surface area contributed by atoms with E-state index in [4.69, 9.17) is 0 Å². The lowest BCUT2D eigenvalue weighted by Gasteiger charge is -2.08. The smallest absolute Gasteiger partial charge is 0.229 e. The number of aromatic nitrogens is 3. The summed E-state index contributed by atoms with van der Waals surface area (Å²) in [5.74, 6) is 1.26. The number of nitrogens with one attached hydrogen (secondary N) is 2. The van der Waals surface area contributed by atoms with Gasteiger partial charge in [0.05, 0.1) is 0 Å². The lowest BCUT2D eigenvalue weighted by atomic mass is 10.1. The molecule has 0 aliphatic carbocycles. The van der Waals surface area contributed by atoms with Gasteiger partial charge in [-0.3, -0.25) is 9.78 Å². The van der Waals surface area contributed by atoms with Gasteiger partial charge in [-0.1, -0.05) is 0 Å². The molecule has 1 aromatic carbocycles. The number of rotatable bonds is 6. The number of Topliss-reactive ketones (excluding diaryl/α,β-unsaturated/α-hetero) is 1. The Hall–Kier alpha value is -3.28. The van der Waals surface area contributed by atoms with Crippen LogP contribution in [0.2, 0.25) is 0 Å². The second-order valence-electron chi connectivity index (χ2n) is 5.23. The summed E-state index contributed by atoms with van der Waals surface area (Å²) in [7, 11) is 0. The van der Waals surface area contributed by atoms with Gasteiger partial charge in [0.2, 0.25) is 5.95 Å². The average molecular weight is 319 g/mol. The number of hydrogen-bond donors (Lipinski definition) is 2. The van der Waals surface area contributed by atoms with E-state index in [0.717, 1.165) is 17.1 Å². The Bertz CT molecular complexity index is 818. The quantitative estimate of drug-likeness (QED) is 0.678. The molecule has 24 heavy (non-hydrogen) atoms. The molecule has 6 heteroatoms. The zero-order valence-corrected chi connectivity index (χ0v) is 13.2. The molecule has 2 aromatic heterocycles. The Balaban J connectivity index is 1.65. The largest absolute Gasteiger partial charge is 0.366 e. The molecule has 0 amide bonds. The fraction of sp³-hybridized carbons (Fsp3) is 0.111. The molecule has 0 atom stereocenters. The first-order valence-corrected chi connectivity index (χ1v) is 7.54. The van der Waals surface area contributed by atoms with E-state index in [2.05, 4.69) is 25.6 Å². The highest BCUT2D eigenvalue weighted by molar-refractivity contribution is 5.94. The number of anilines is 3. The van der Waals surface area contributed by atoms with Crippen molar-refractivity contribution in [3.05, 3.63) is 72.2 Å². The van der Waals surface area contributed by atoms with Crippen molar-refractivity contribution in [2.45, 2.75) is 13.5 Å². The maximum atomic E-state index is 11.3. The molecule has 2 N–H and O–H groups in total. The third-order valence-corrected chi connectivity index (χ3v) is 3.43. The van der Waals surface area contributed by atoms with E-state index in [1.807, 2.05) is 30.3 Å². The Morgan fingerprint density at radius 3 is 2.46 bits per heavy atom. The number of nitrogens with zero attached hydrogens (tertiary/aromatic N) is 3. The fourth-order valence-corrected chi connectivity index (χ4v) is 2.13. The van der Waals surface area contributed by atoms with E-state index < -0.39 is 0 Å². The van der Waals surface area contributed by atoms with E-state index >= 15 is 0 Å². The number of benzene rings is 1. The Labute approximate surface area is 140 Å². The Kier molecular flexibility index (Phi) is 4.76. The molecule has 0 spiro atoms. The van der Waals surface area contributed by atoms with Crippen LogP contribution in [0.1, 0.15) is 22.8 Å². The van der Waals surface area contributed by atoms with Gasteiger partial charge in [0.1, 0.15) is 5.82 Å². The summed E-state index contributed by atoms with van der Waals surface area (Å²) in [5, 5.41) is 6.37. The van der Waals surface area contributed by atoms with Crippen molar-refractivity contribution in [1.29, 1.82) is 0 Å². The second kappa shape index (κ2) is 7.32. The molecule has 3 rings (SSSR count). The SMILES string of the molecule is CC(=O)c1ccc(Nc2nccc(NCc3ccncc3)n2)cc1. The van der Waals surface area contributed by atoms with Crippen molar-refractivity contribution in [1.82, 2.24) is 15.0 Å². The van der Waals surface area contributed by atoms with E-state index in [9.17, 15) is 4.79 Å². The summed E-state index contributed by atoms with van der Waals surface area (Å²) in [5.41, 5.74) is 2.62. The first kappa shape index (κ1) is 15.6. The van der Waals surface area contributed by atoms with Gasteiger partial charge in [-0.2, -0.15) is 4.98 Å². The van der Waals surface area contributed by atoms with Gasteiger partial charge in [0, 0.05) is 36.4 Å². The van der Waals surface area contributed by atoms with E-state index in [0.29, 0.717) is 18.1 Å². The van der Waals surface area contributed by atoms with Crippen molar-refractivity contribution in [2.24, 2.45) is 0 Å². The van der Waals surface area contributed by atoms with Crippen molar-refractivity contribution < 1.29 is 4.79 Å². The van der Waals surface area contributed by atoms with Gasteiger partial charge in [-0.25, -0.2) is 4.98 Å². The minimum atomic E-state index is 0.0418. The third kappa shape index (κ3) is 4.13. The first-order valence-electron chi connectivity index (χ1n) is 7.54. The highest BCUT2D eigenvalue weighted by Gasteiger charge is 2.02. The topological polar surface area (TPSA) is 79.8 Å². The van der Waals surface area contributed by atoms with E-state index in [1.165, 1.54) is 0 Å². The predicted molar refractivity (Wildman–Crippen MR) is 93.3 cm³/mol. The van der Waals surface area contributed by atoms with Crippen molar-refractivity contribution in [3.8, 4) is 0 Å². The van der Waals surface area contributed by atoms with Crippen LogP contribution in [0.5, 0.6) is 0 Å². The molecule has 0 aliphatic rings. The Morgan fingerprint density at radius 1 is 1.00 bits per heavy atom. The zero-order valence-electron chi connectivity index (χ0n) is 13.2. The van der Waals surface area contributed by atoms with Crippen molar-refractivity contribution in [3.63, 3.8) is 0 Å². The lowest BCUT2D eigenvalue weighted by molar-refractivity contribution is 0.101. The Morgan fingerprint density at radius 2 is 1.75 bits per heavy atom. The second-order valence-corrected chi connectivity index (χ2v) is 5.23. The summed E-state index contributed by atoms with van der Waals surface area (Å²) >= 11 is 0. The average Bonchev–Trinajstić information content (AvgIpc) is 2.62. The van der Waals surface area contributed by atoms with Gasteiger partial charge in [-0.15, -0.1) is 0 Å². The van der Waals surface area contributed by atoms with E-state index in [-0.39, 0.29) is 5.78 Å². The van der Waals surface area contributed by atoms with Crippen LogP contribution in [0.15, 0.2) is 61.1 Å². The minimum Gasteiger partial charge on any atom is -0.366 e. The zero-order chi connectivity index (χ0) is 16.8. The molecule has 0 unspecified atom stereocenters. The van der Waals surface area contributed by atoms with Gasteiger partial charge in [0.25, 0.3) is 0 Å². The van der Waals surface area contributed by atoms with E-state index in [1.54, 1.807) is 37.6 Å². The maximum absolute atomic E-state index is 11.3. The summed E-state index contributed by atoms with van der Waals surface area (Å²) in [6.07, 6.45) is 5.21. The van der Waals surface area contributed by atoms with Crippen LogP contribution in [-0.2, 0) is 6.54 Å². The third-order valence-electron chi connectivity index (χ3n) is 3.43. The van der Waals surface area contributed by atoms with Crippen LogP contribution in [0.3, 0.4) is 0 Å². The highest BCUT2D eigenvalue weighted by atomic mass is 16.1. The highest BCUT2D eigenvalue weighted by Crippen LogP contribution is 2.15. The van der Waals surface area contributed by atoms with Crippen LogP contribution < -0.4 is 10.6 Å². The molecule has 0 aliphatic heterocycles. The van der Waals surface area contributed by atoms with Gasteiger partial charge >= 0.3 is 0 Å². The molecular formula is C18H17N5O. The molecule has 120 valence electrons. The maximum Gasteiger partial charge on any atom is 0.229 e. The van der Waals surface area contributed by atoms with Crippen LogP contribution >= 0.6 is 0 Å². The molecule has 0 fully saturated rings. The standard InChI is InChI=1S/C18H17N5O/c1-13(24)15-2-4-16(5-3-15)22-18-20-11-8-17(23-18)21-12-14-6-9-19-10-7-14/h2-11H,12H2,1H3,(H2,20,21,22,23). The molecule has 0 saturated heterocycles. The number of carbonyl (C=O) groups is 1. The lowest BCUT2D eigenvalue weighted by Crippen LogP contribution is -2.04. The number of pyridine rings is 1. The summed E-state index contributed by atoms with van der Waals surface area (Å²) in [4.78, 5) is 23.9. The molecule has 0 radical (unpaired) electrons. The summed E-state index contributed by atoms with van der Waals surface area (Å²) in [6.45, 7) is 2.20. The molecule has 3 aromatic rings. The first-order chi connectivity index (χ1) is 11.7. The van der Waals surface area contributed by atoms with Crippen LogP contribution in [0, 0.1) is 0 Å². The summed E-state index contributed by atoms with van der Waals surface area (Å²) in [6, 6.07) is 12.9. The van der Waals surface area contributed by atoms with Gasteiger partial charge in [-0.05, 0) is 55.0 Å².